The Hall–Kier alpha value is -3.07. The van der Waals surface area contributed by atoms with E-state index >= 15 is 0 Å². The van der Waals surface area contributed by atoms with Crippen LogP contribution >= 0.6 is 0 Å². The fourth-order valence-electron chi connectivity index (χ4n) is 2.36. The predicted octanol–water partition coefficient (Wildman–Crippen LogP) is 3.17. The SMILES string of the molecule is N#CC(Cc1ccc([N+](=O)[O-])cc1)c1ccc2c(c1)OCO2. The summed E-state index contributed by atoms with van der Waals surface area (Å²) in [5.74, 6) is 0.966. The van der Waals surface area contributed by atoms with Crippen LogP contribution in [-0.2, 0) is 6.42 Å². The topological polar surface area (TPSA) is 85.4 Å². The molecule has 0 amide bonds. The van der Waals surface area contributed by atoms with Crippen LogP contribution in [0.15, 0.2) is 42.5 Å². The Kier molecular flexibility index (Phi) is 3.62. The van der Waals surface area contributed by atoms with Crippen molar-refractivity contribution in [2.45, 2.75) is 12.3 Å². The molecule has 0 bridgehead atoms. The monoisotopic (exact) mass is 296 g/mol. The van der Waals surface area contributed by atoms with E-state index in [1.807, 2.05) is 12.1 Å². The zero-order valence-corrected chi connectivity index (χ0v) is 11.6. The fourth-order valence-corrected chi connectivity index (χ4v) is 2.36. The molecule has 6 nitrogen and oxygen atoms in total. The average Bonchev–Trinajstić information content (AvgIpc) is 3.00. The van der Waals surface area contributed by atoms with Crippen LogP contribution < -0.4 is 9.47 Å². The van der Waals surface area contributed by atoms with Crippen molar-refractivity contribution in [3.8, 4) is 17.6 Å². The van der Waals surface area contributed by atoms with Crippen molar-refractivity contribution >= 4 is 5.69 Å². The van der Waals surface area contributed by atoms with E-state index in [1.165, 1.54) is 12.1 Å². The lowest BCUT2D eigenvalue weighted by atomic mass is 9.93. The van der Waals surface area contributed by atoms with Gasteiger partial charge in [0.1, 0.15) is 0 Å². The first-order valence-corrected chi connectivity index (χ1v) is 6.70. The van der Waals surface area contributed by atoms with Crippen molar-refractivity contribution in [3.63, 3.8) is 0 Å². The summed E-state index contributed by atoms with van der Waals surface area (Å²) < 4.78 is 10.6. The molecule has 1 aliphatic heterocycles. The van der Waals surface area contributed by atoms with Gasteiger partial charge in [-0.1, -0.05) is 18.2 Å². The van der Waals surface area contributed by atoms with Crippen LogP contribution in [0, 0.1) is 21.4 Å². The van der Waals surface area contributed by atoms with E-state index in [-0.39, 0.29) is 18.4 Å². The summed E-state index contributed by atoms with van der Waals surface area (Å²) in [6.45, 7) is 0.193. The Morgan fingerprint density at radius 2 is 1.91 bits per heavy atom. The van der Waals surface area contributed by atoms with Gasteiger partial charge in [-0.05, 0) is 29.7 Å². The highest BCUT2D eigenvalue weighted by Gasteiger charge is 2.18. The Labute approximate surface area is 126 Å². The molecule has 0 aromatic heterocycles. The summed E-state index contributed by atoms with van der Waals surface area (Å²) in [5, 5.41) is 20.0. The summed E-state index contributed by atoms with van der Waals surface area (Å²) in [4.78, 5) is 10.2. The molecule has 6 heteroatoms. The quantitative estimate of drug-likeness (QED) is 0.639. The van der Waals surface area contributed by atoms with Crippen LogP contribution in [0.1, 0.15) is 17.0 Å². The number of benzene rings is 2. The van der Waals surface area contributed by atoms with Crippen LogP contribution in [0.3, 0.4) is 0 Å². The first-order valence-electron chi connectivity index (χ1n) is 6.70. The minimum atomic E-state index is -0.441. The zero-order chi connectivity index (χ0) is 15.5. The van der Waals surface area contributed by atoms with Crippen molar-refractivity contribution in [1.82, 2.24) is 0 Å². The van der Waals surface area contributed by atoms with E-state index in [0.29, 0.717) is 17.9 Å². The van der Waals surface area contributed by atoms with Gasteiger partial charge < -0.3 is 9.47 Å². The van der Waals surface area contributed by atoms with Crippen molar-refractivity contribution in [1.29, 1.82) is 5.26 Å². The Bertz CT molecular complexity index is 750. The maximum atomic E-state index is 10.6. The number of hydrogen-bond acceptors (Lipinski definition) is 5. The molecule has 2 aromatic carbocycles. The summed E-state index contributed by atoms with van der Waals surface area (Å²) in [6.07, 6.45) is 0.480. The number of nitro groups is 1. The van der Waals surface area contributed by atoms with Gasteiger partial charge in [-0.3, -0.25) is 10.1 Å². The van der Waals surface area contributed by atoms with Crippen LogP contribution in [-0.4, -0.2) is 11.7 Å². The zero-order valence-electron chi connectivity index (χ0n) is 11.6. The van der Waals surface area contributed by atoms with Gasteiger partial charge in [-0.15, -0.1) is 0 Å². The Morgan fingerprint density at radius 1 is 1.18 bits per heavy atom. The molecule has 0 aliphatic carbocycles. The highest BCUT2D eigenvalue weighted by molar-refractivity contribution is 5.47. The molecule has 0 radical (unpaired) electrons. The maximum Gasteiger partial charge on any atom is 0.269 e. The third kappa shape index (κ3) is 2.69. The first kappa shape index (κ1) is 13.9. The molecule has 0 N–H and O–H groups in total. The number of fused-ring (bicyclic) bond motifs is 1. The van der Waals surface area contributed by atoms with Crippen molar-refractivity contribution in [3.05, 3.63) is 63.7 Å². The van der Waals surface area contributed by atoms with Gasteiger partial charge in [0.15, 0.2) is 11.5 Å². The number of ether oxygens (including phenoxy) is 2. The molecule has 3 rings (SSSR count). The van der Waals surface area contributed by atoms with Gasteiger partial charge in [0.25, 0.3) is 5.69 Å². The summed E-state index contributed by atoms with van der Waals surface area (Å²) >= 11 is 0. The average molecular weight is 296 g/mol. The number of hydrogen-bond donors (Lipinski definition) is 0. The lowest BCUT2D eigenvalue weighted by molar-refractivity contribution is -0.384. The molecule has 22 heavy (non-hydrogen) atoms. The van der Waals surface area contributed by atoms with Gasteiger partial charge in [-0.2, -0.15) is 5.26 Å². The fraction of sp³-hybridized carbons (Fsp3) is 0.188. The Morgan fingerprint density at radius 3 is 2.59 bits per heavy atom. The van der Waals surface area contributed by atoms with E-state index in [0.717, 1.165) is 11.1 Å². The van der Waals surface area contributed by atoms with Gasteiger partial charge >= 0.3 is 0 Å². The number of nitriles is 1. The molecule has 0 saturated heterocycles. The molecule has 1 aliphatic rings. The second-order valence-electron chi connectivity index (χ2n) is 4.92. The molecular formula is C16H12N2O4. The molecule has 1 unspecified atom stereocenters. The van der Waals surface area contributed by atoms with E-state index in [2.05, 4.69) is 6.07 Å². The van der Waals surface area contributed by atoms with Crippen LogP contribution in [0.5, 0.6) is 11.5 Å². The third-order valence-corrected chi connectivity index (χ3v) is 3.54. The summed E-state index contributed by atoms with van der Waals surface area (Å²) in [5.41, 5.74) is 1.75. The van der Waals surface area contributed by atoms with Gasteiger partial charge in [0, 0.05) is 12.1 Å². The predicted molar refractivity (Wildman–Crippen MR) is 77.7 cm³/mol. The minimum absolute atomic E-state index is 0.0420. The van der Waals surface area contributed by atoms with E-state index < -0.39 is 4.92 Å². The summed E-state index contributed by atoms with van der Waals surface area (Å²) in [6, 6.07) is 13.9. The van der Waals surface area contributed by atoms with Crippen molar-refractivity contribution in [2.75, 3.05) is 6.79 Å². The summed E-state index contributed by atoms with van der Waals surface area (Å²) in [7, 11) is 0. The lowest BCUT2D eigenvalue weighted by Gasteiger charge is -2.10. The van der Waals surface area contributed by atoms with E-state index in [4.69, 9.17) is 9.47 Å². The highest BCUT2D eigenvalue weighted by Crippen LogP contribution is 2.35. The second-order valence-corrected chi connectivity index (χ2v) is 4.92. The largest absolute Gasteiger partial charge is 0.454 e. The number of nitro benzene ring substituents is 1. The second kappa shape index (κ2) is 5.74. The van der Waals surface area contributed by atoms with Crippen molar-refractivity contribution in [2.24, 2.45) is 0 Å². The van der Waals surface area contributed by atoms with Crippen LogP contribution in [0.25, 0.3) is 0 Å². The van der Waals surface area contributed by atoms with E-state index in [9.17, 15) is 15.4 Å². The highest BCUT2D eigenvalue weighted by atomic mass is 16.7. The van der Waals surface area contributed by atoms with Crippen LogP contribution in [0.2, 0.25) is 0 Å². The standard InChI is InChI=1S/C16H12N2O4/c17-9-13(7-11-1-4-14(5-2-11)18(19)20)12-3-6-15-16(8-12)22-10-21-15/h1-6,8,13H,7,10H2. The molecule has 110 valence electrons. The smallest absolute Gasteiger partial charge is 0.269 e. The Balaban J connectivity index is 1.80. The molecule has 0 saturated carbocycles. The first-order chi connectivity index (χ1) is 10.7. The normalized spacial score (nSPS) is 13.4. The van der Waals surface area contributed by atoms with E-state index in [1.54, 1.807) is 18.2 Å². The number of non-ortho nitro benzene ring substituents is 1. The minimum Gasteiger partial charge on any atom is -0.454 e. The maximum absolute atomic E-state index is 10.6. The van der Waals surface area contributed by atoms with Gasteiger partial charge in [0.2, 0.25) is 6.79 Å². The van der Waals surface area contributed by atoms with Crippen LogP contribution in [0.4, 0.5) is 5.69 Å². The molecule has 0 spiro atoms. The number of nitrogens with zero attached hydrogens (tertiary/aromatic N) is 2. The molecule has 1 atom stereocenters. The molecular weight excluding hydrogens is 284 g/mol. The lowest BCUT2D eigenvalue weighted by Crippen LogP contribution is -2.01. The van der Waals surface area contributed by atoms with Crippen molar-refractivity contribution < 1.29 is 14.4 Å². The third-order valence-electron chi connectivity index (χ3n) is 3.54. The van der Waals surface area contributed by atoms with Gasteiger partial charge in [-0.25, -0.2) is 0 Å². The molecule has 2 aromatic rings. The van der Waals surface area contributed by atoms with Gasteiger partial charge in [0.05, 0.1) is 16.9 Å². The molecule has 1 heterocycles. The molecule has 0 fully saturated rings. The number of rotatable bonds is 4.